The average molecular weight is 491 g/mol. The third kappa shape index (κ3) is 4.41. The molecule has 2 heterocycles. The smallest absolute Gasteiger partial charge is 0.266 e. The van der Waals surface area contributed by atoms with Gasteiger partial charge < -0.3 is 0 Å². The van der Waals surface area contributed by atoms with Crippen molar-refractivity contribution in [2.75, 3.05) is 0 Å². The molecule has 0 saturated carbocycles. The van der Waals surface area contributed by atoms with E-state index in [1.165, 1.54) is 11.3 Å². The van der Waals surface area contributed by atoms with Gasteiger partial charge in [-0.3, -0.25) is 4.79 Å². The van der Waals surface area contributed by atoms with Crippen LogP contribution in [0.25, 0.3) is 27.0 Å². The van der Waals surface area contributed by atoms with Crippen molar-refractivity contribution in [3.05, 3.63) is 106 Å². The number of hydrogen-bond donors (Lipinski definition) is 1. The molecule has 0 bridgehead atoms. The minimum Gasteiger partial charge on any atom is -0.266 e. The number of fused-ring (bicyclic) bond motifs is 1. The lowest BCUT2D eigenvalue weighted by molar-refractivity contribution is 0.0959. The van der Waals surface area contributed by atoms with Crippen LogP contribution in [0.5, 0.6) is 0 Å². The van der Waals surface area contributed by atoms with Gasteiger partial charge in [0.2, 0.25) is 0 Å². The summed E-state index contributed by atoms with van der Waals surface area (Å²) in [5, 5.41) is 10.8. The van der Waals surface area contributed by atoms with Gasteiger partial charge in [-0.1, -0.05) is 71.7 Å². The number of carbonyl (C=O) groups is 1. The van der Waals surface area contributed by atoms with Crippen LogP contribution in [0.1, 0.15) is 15.2 Å². The number of nitrogens with one attached hydrogen (secondary N) is 1. The van der Waals surface area contributed by atoms with Crippen molar-refractivity contribution in [2.45, 2.75) is 0 Å². The molecule has 0 saturated heterocycles. The number of thiophene rings is 1. The van der Waals surface area contributed by atoms with Crippen molar-refractivity contribution in [3.63, 3.8) is 0 Å². The molecule has 0 aliphatic carbocycles. The van der Waals surface area contributed by atoms with E-state index in [9.17, 15) is 4.79 Å². The number of amides is 1. The minimum absolute atomic E-state index is 0.360. The summed E-state index contributed by atoms with van der Waals surface area (Å²) in [6, 6.07) is 24.8. The Morgan fingerprint density at radius 1 is 0.970 bits per heavy atom. The molecule has 3 aromatic carbocycles. The highest BCUT2D eigenvalue weighted by atomic mass is 35.5. The van der Waals surface area contributed by atoms with Gasteiger partial charge in [-0.2, -0.15) is 10.2 Å². The van der Waals surface area contributed by atoms with Crippen LogP contribution < -0.4 is 5.43 Å². The summed E-state index contributed by atoms with van der Waals surface area (Å²) in [7, 11) is 0. The van der Waals surface area contributed by atoms with Crippen LogP contribution >= 0.6 is 34.5 Å². The third-order valence-electron chi connectivity index (χ3n) is 4.99. The Morgan fingerprint density at radius 2 is 1.70 bits per heavy atom. The summed E-state index contributed by atoms with van der Waals surface area (Å²) in [5.41, 5.74) is 5.83. The topological polar surface area (TPSA) is 59.3 Å². The molecule has 1 N–H and O–H groups in total. The highest BCUT2D eigenvalue weighted by molar-refractivity contribution is 7.21. The maximum absolute atomic E-state index is 12.7. The molecule has 0 aliphatic rings. The van der Waals surface area contributed by atoms with Crippen LogP contribution in [0.2, 0.25) is 10.0 Å². The quantitative estimate of drug-likeness (QED) is 0.217. The van der Waals surface area contributed by atoms with Gasteiger partial charge in [-0.25, -0.2) is 10.1 Å². The number of aromatic nitrogens is 2. The third-order valence-corrected chi connectivity index (χ3v) is 6.92. The first-order valence-corrected chi connectivity index (χ1v) is 11.6. The lowest BCUT2D eigenvalue weighted by Gasteiger charge is -2.01. The Bertz CT molecular complexity index is 1470. The summed E-state index contributed by atoms with van der Waals surface area (Å²) >= 11 is 13.8. The molecule has 0 radical (unpaired) electrons. The van der Waals surface area contributed by atoms with Crippen molar-refractivity contribution in [1.82, 2.24) is 15.2 Å². The van der Waals surface area contributed by atoms with E-state index < -0.39 is 0 Å². The number of para-hydroxylation sites is 1. The van der Waals surface area contributed by atoms with Crippen LogP contribution in [0.3, 0.4) is 0 Å². The second-order valence-corrected chi connectivity index (χ2v) is 9.03. The number of hydrogen-bond acceptors (Lipinski definition) is 4. The lowest BCUT2D eigenvalue weighted by Crippen LogP contribution is -2.16. The van der Waals surface area contributed by atoms with Crippen LogP contribution in [-0.4, -0.2) is 21.9 Å². The summed E-state index contributed by atoms with van der Waals surface area (Å²) in [5.74, 6) is -0.360. The van der Waals surface area contributed by atoms with Gasteiger partial charge in [0.25, 0.3) is 5.91 Å². The maximum Gasteiger partial charge on any atom is 0.283 e. The minimum atomic E-state index is -0.360. The summed E-state index contributed by atoms with van der Waals surface area (Å²) < 4.78 is 2.72. The van der Waals surface area contributed by atoms with Crippen molar-refractivity contribution in [1.29, 1.82) is 0 Å². The normalized spacial score (nSPS) is 11.3. The zero-order chi connectivity index (χ0) is 22.8. The van der Waals surface area contributed by atoms with E-state index in [1.807, 2.05) is 85.1 Å². The average Bonchev–Trinajstić information content (AvgIpc) is 3.42. The molecule has 0 unspecified atom stereocenters. The molecule has 8 heteroatoms. The molecule has 2 aromatic heterocycles. The Labute approximate surface area is 203 Å². The molecule has 5 nitrogen and oxygen atoms in total. The Hall–Kier alpha value is -3.45. The Morgan fingerprint density at radius 3 is 2.45 bits per heavy atom. The zero-order valence-corrected chi connectivity index (χ0v) is 19.4. The first-order chi connectivity index (χ1) is 16.1. The fourth-order valence-electron chi connectivity index (χ4n) is 3.40. The zero-order valence-electron chi connectivity index (χ0n) is 17.1. The summed E-state index contributed by atoms with van der Waals surface area (Å²) in [4.78, 5) is 13.1. The number of nitrogens with zero attached hydrogens (tertiary/aromatic N) is 3. The van der Waals surface area contributed by atoms with Gasteiger partial charge in [0.05, 0.1) is 16.9 Å². The predicted octanol–water partition coefficient (Wildman–Crippen LogP) is 6.82. The summed E-state index contributed by atoms with van der Waals surface area (Å²) in [6.45, 7) is 0. The maximum atomic E-state index is 12.7. The number of hydrazone groups is 1. The largest absolute Gasteiger partial charge is 0.283 e. The van der Waals surface area contributed by atoms with Crippen molar-refractivity contribution < 1.29 is 4.79 Å². The molecule has 162 valence electrons. The predicted molar refractivity (Wildman–Crippen MR) is 136 cm³/mol. The highest BCUT2D eigenvalue weighted by Crippen LogP contribution is 2.35. The van der Waals surface area contributed by atoms with Crippen molar-refractivity contribution in [3.8, 4) is 16.9 Å². The first kappa shape index (κ1) is 21.4. The van der Waals surface area contributed by atoms with E-state index in [1.54, 1.807) is 10.9 Å². The van der Waals surface area contributed by atoms with Gasteiger partial charge >= 0.3 is 0 Å². The van der Waals surface area contributed by atoms with Gasteiger partial charge in [-0.05, 0) is 30.3 Å². The van der Waals surface area contributed by atoms with Crippen LogP contribution in [0.4, 0.5) is 0 Å². The van der Waals surface area contributed by atoms with E-state index >= 15 is 0 Å². The molecule has 5 rings (SSSR count). The van der Waals surface area contributed by atoms with Crippen LogP contribution in [-0.2, 0) is 0 Å². The van der Waals surface area contributed by atoms with Gasteiger partial charge in [0, 0.05) is 32.4 Å². The Kier molecular flexibility index (Phi) is 5.96. The van der Waals surface area contributed by atoms with E-state index in [4.69, 9.17) is 28.3 Å². The first-order valence-electron chi connectivity index (χ1n) is 10.0. The lowest BCUT2D eigenvalue weighted by atomic mass is 10.1. The number of carbonyl (C=O) groups excluding carboxylic acids is 1. The molecule has 0 spiro atoms. The Balaban J connectivity index is 1.45. The highest BCUT2D eigenvalue weighted by Gasteiger charge is 2.17. The van der Waals surface area contributed by atoms with Gasteiger partial charge in [0.1, 0.15) is 10.6 Å². The number of halogens is 2. The van der Waals surface area contributed by atoms with E-state index in [-0.39, 0.29) is 5.91 Å². The van der Waals surface area contributed by atoms with E-state index in [0.29, 0.717) is 20.6 Å². The van der Waals surface area contributed by atoms with Gasteiger partial charge in [-0.15, -0.1) is 11.3 Å². The fraction of sp³-hybridized carbons (Fsp3) is 0. The second kappa shape index (κ2) is 9.19. The molecule has 1 amide bonds. The van der Waals surface area contributed by atoms with Crippen LogP contribution in [0.15, 0.2) is 90.2 Å². The fourth-order valence-corrected chi connectivity index (χ4v) is 4.93. The van der Waals surface area contributed by atoms with E-state index in [0.717, 1.165) is 26.9 Å². The van der Waals surface area contributed by atoms with Gasteiger partial charge in [0.15, 0.2) is 0 Å². The number of benzene rings is 3. The standard InChI is InChI=1S/C25H16Cl2N4OS/c26-18-12-10-16(11-13-18)23-17(15-31(30-23)19-6-2-1-3-7-19)14-28-29-25(32)24-22(27)20-8-4-5-9-21(20)33-24/h1-15H,(H,29,32)/b28-14-. The molecule has 0 fully saturated rings. The monoisotopic (exact) mass is 490 g/mol. The molecular weight excluding hydrogens is 475 g/mol. The molecule has 0 atom stereocenters. The van der Waals surface area contributed by atoms with Crippen molar-refractivity contribution >= 4 is 56.7 Å². The molecule has 33 heavy (non-hydrogen) atoms. The van der Waals surface area contributed by atoms with Crippen molar-refractivity contribution in [2.24, 2.45) is 5.10 Å². The summed E-state index contributed by atoms with van der Waals surface area (Å²) in [6.07, 6.45) is 3.44. The number of rotatable bonds is 5. The molecule has 0 aliphatic heterocycles. The molecular formula is C25H16Cl2N4OS. The SMILES string of the molecule is O=C(N/N=C\c1cn(-c2ccccc2)nc1-c1ccc(Cl)cc1)c1sc2ccccc2c1Cl. The molecule has 5 aromatic rings. The van der Waals surface area contributed by atoms with Crippen LogP contribution in [0, 0.1) is 0 Å². The second-order valence-electron chi connectivity index (χ2n) is 7.16. The van der Waals surface area contributed by atoms with E-state index in [2.05, 4.69) is 10.5 Å².